The Hall–Kier alpha value is -2.94. The molecule has 254 valence electrons. The van der Waals surface area contributed by atoms with Crippen LogP contribution in [0, 0.1) is 17.8 Å². The zero-order valence-electron chi connectivity index (χ0n) is 28.4. The molecule has 5 atom stereocenters. The summed E-state index contributed by atoms with van der Waals surface area (Å²) in [5.41, 5.74) is 0.898. The van der Waals surface area contributed by atoms with Crippen LogP contribution in [0.2, 0.25) is 0 Å². The van der Waals surface area contributed by atoms with Gasteiger partial charge in [0.05, 0.1) is 12.1 Å². The first-order valence-corrected chi connectivity index (χ1v) is 17.4. The first-order valence-electron chi connectivity index (χ1n) is 17.4. The molecule has 4 amide bonds. The van der Waals surface area contributed by atoms with Gasteiger partial charge in [-0.25, -0.2) is 0 Å². The Kier molecular flexibility index (Phi) is 17.8. The molecule has 0 aromatic heterocycles. The lowest BCUT2D eigenvalue weighted by Gasteiger charge is -2.33. The average molecular weight is 629 g/mol. The third-order valence-corrected chi connectivity index (χ3v) is 9.03. The predicted molar refractivity (Wildman–Crippen MR) is 179 cm³/mol. The summed E-state index contributed by atoms with van der Waals surface area (Å²) in [6.07, 6.45) is 9.75. The lowest BCUT2D eigenvalue weighted by molar-refractivity contribution is -0.132. The smallest absolute Gasteiger partial charge is 0.243 e. The number of aliphatic hydroxyl groups excluding tert-OH is 1. The molecule has 2 rings (SSSR count). The summed E-state index contributed by atoms with van der Waals surface area (Å²) < 4.78 is 0. The SMILES string of the molecule is CCCCNC(=O)[C@@H](C[C@H](O)[C@H](CC1CCCCC1)NC(=O)[C@H](CCCC)NC(=O)C(Cc1ccccc1)NC(C)=O)C(C)C. The molecule has 9 nitrogen and oxygen atoms in total. The summed E-state index contributed by atoms with van der Waals surface area (Å²) in [5.74, 6) is -1.11. The molecule has 0 aliphatic heterocycles. The Labute approximate surface area is 271 Å². The molecule has 1 aromatic carbocycles. The summed E-state index contributed by atoms with van der Waals surface area (Å²) in [5, 5.41) is 23.4. The number of hydrogen-bond donors (Lipinski definition) is 5. The first-order chi connectivity index (χ1) is 21.5. The van der Waals surface area contributed by atoms with Gasteiger partial charge in [-0.1, -0.05) is 109 Å². The van der Waals surface area contributed by atoms with E-state index in [1.807, 2.05) is 51.1 Å². The molecular formula is C36H60N4O5. The largest absolute Gasteiger partial charge is 0.391 e. The zero-order chi connectivity index (χ0) is 33.2. The van der Waals surface area contributed by atoms with Crippen molar-refractivity contribution in [2.75, 3.05) is 6.54 Å². The zero-order valence-corrected chi connectivity index (χ0v) is 28.4. The van der Waals surface area contributed by atoms with Gasteiger partial charge in [0.1, 0.15) is 12.1 Å². The van der Waals surface area contributed by atoms with Crippen LogP contribution in [0.5, 0.6) is 0 Å². The van der Waals surface area contributed by atoms with Gasteiger partial charge in [-0.15, -0.1) is 0 Å². The molecule has 0 spiro atoms. The van der Waals surface area contributed by atoms with Crippen LogP contribution >= 0.6 is 0 Å². The van der Waals surface area contributed by atoms with Crippen LogP contribution in [0.1, 0.15) is 117 Å². The third-order valence-electron chi connectivity index (χ3n) is 9.03. The molecule has 9 heteroatoms. The minimum absolute atomic E-state index is 0.0271. The number of amides is 4. The van der Waals surface area contributed by atoms with Crippen LogP contribution in [-0.2, 0) is 25.6 Å². The monoisotopic (exact) mass is 628 g/mol. The van der Waals surface area contributed by atoms with Gasteiger partial charge in [0.2, 0.25) is 23.6 Å². The van der Waals surface area contributed by atoms with Gasteiger partial charge in [-0.05, 0) is 43.1 Å². The van der Waals surface area contributed by atoms with Gasteiger partial charge < -0.3 is 26.4 Å². The van der Waals surface area contributed by atoms with Crippen molar-refractivity contribution in [1.82, 2.24) is 21.3 Å². The molecule has 0 bridgehead atoms. The van der Waals surface area contributed by atoms with Crippen molar-refractivity contribution in [1.29, 1.82) is 0 Å². The Morgan fingerprint density at radius 1 is 0.844 bits per heavy atom. The fourth-order valence-electron chi connectivity index (χ4n) is 6.26. The number of rotatable bonds is 20. The fourth-order valence-corrected chi connectivity index (χ4v) is 6.26. The Morgan fingerprint density at radius 2 is 1.49 bits per heavy atom. The highest BCUT2D eigenvalue weighted by atomic mass is 16.3. The van der Waals surface area contributed by atoms with E-state index in [1.54, 1.807) is 0 Å². The normalized spacial score (nSPS) is 17.0. The van der Waals surface area contributed by atoms with E-state index < -0.39 is 30.1 Å². The van der Waals surface area contributed by atoms with Crippen molar-refractivity contribution in [2.24, 2.45) is 17.8 Å². The van der Waals surface area contributed by atoms with E-state index in [-0.39, 0.29) is 36.0 Å². The summed E-state index contributed by atoms with van der Waals surface area (Å²) in [6.45, 7) is 10.1. The summed E-state index contributed by atoms with van der Waals surface area (Å²) in [4.78, 5) is 52.4. The number of carbonyl (C=O) groups excluding carboxylic acids is 4. The van der Waals surface area contributed by atoms with Gasteiger partial charge in [0.15, 0.2) is 0 Å². The highest BCUT2D eigenvalue weighted by molar-refractivity contribution is 5.92. The van der Waals surface area contributed by atoms with Crippen LogP contribution in [0.25, 0.3) is 0 Å². The molecule has 1 aromatic rings. The topological polar surface area (TPSA) is 137 Å². The second-order valence-electron chi connectivity index (χ2n) is 13.3. The highest BCUT2D eigenvalue weighted by Gasteiger charge is 2.34. The number of carbonyl (C=O) groups is 4. The maximum atomic E-state index is 13.9. The predicted octanol–water partition coefficient (Wildman–Crippen LogP) is 4.80. The molecule has 1 aliphatic rings. The average Bonchev–Trinajstić information content (AvgIpc) is 3.01. The molecule has 1 fully saturated rings. The lowest BCUT2D eigenvalue weighted by atomic mass is 9.81. The molecule has 0 radical (unpaired) electrons. The second-order valence-corrected chi connectivity index (χ2v) is 13.3. The van der Waals surface area contributed by atoms with Crippen molar-refractivity contribution in [3.8, 4) is 0 Å². The maximum absolute atomic E-state index is 13.9. The third kappa shape index (κ3) is 14.4. The van der Waals surface area contributed by atoms with Crippen LogP contribution in [0.4, 0.5) is 0 Å². The molecule has 0 saturated heterocycles. The van der Waals surface area contributed by atoms with E-state index in [2.05, 4.69) is 28.2 Å². The molecule has 1 saturated carbocycles. The second kappa shape index (κ2) is 21.0. The van der Waals surface area contributed by atoms with Gasteiger partial charge in [-0.3, -0.25) is 19.2 Å². The van der Waals surface area contributed by atoms with Crippen LogP contribution in [0.15, 0.2) is 30.3 Å². The van der Waals surface area contributed by atoms with E-state index in [9.17, 15) is 24.3 Å². The molecule has 45 heavy (non-hydrogen) atoms. The van der Waals surface area contributed by atoms with E-state index in [0.29, 0.717) is 31.7 Å². The maximum Gasteiger partial charge on any atom is 0.243 e. The van der Waals surface area contributed by atoms with Gasteiger partial charge in [0, 0.05) is 25.8 Å². The van der Waals surface area contributed by atoms with E-state index in [4.69, 9.17) is 0 Å². The minimum atomic E-state index is -0.909. The summed E-state index contributed by atoms with van der Waals surface area (Å²) in [7, 11) is 0. The molecule has 5 N–H and O–H groups in total. The van der Waals surface area contributed by atoms with E-state index >= 15 is 0 Å². The van der Waals surface area contributed by atoms with Crippen molar-refractivity contribution >= 4 is 23.6 Å². The molecule has 1 aliphatic carbocycles. The van der Waals surface area contributed by atoms with Gasteiger partial charge in [0.25, 0.3) is 0 Å². The number of aliphatic hydroxyl groups is 1. The van der Waals surface area contributed by atoms with Crippen molar-refractivity contribution in [2.45, 2.75) is 142 Å². The Balaban J connectivity index is 2.23. The van der Waals surface area contributed by atoms with Crippen LogP contribution < -0.4 is 21.3 Å². The standard InChI is InChI=1S/C36H60N4O5/c1-6-8-20-30(39-36(45)32(38-26(5)41)23-28-18-14-11-15-19-28)35(44)40-31(22-27-16-12-10-13-17-27)33(42)24-29(25(3)4)34(43)37-21-9-7-2/h11,14-15,18-19,25,27,29-33,42H,6-10,12-13,16-17,20-24H2,1-5H3,(H,37,43)(H,38,41)(H,39,45)(H,40,44)/t29-,30-,31-,32?,33-/m0/s1. The number of hydrogen-bond acceptors (Lipinski definition) is 5. The molecule has 0 heterocycles. The number of benzene rings is 1. The summed E-state index contributed by atoms with van der Waals surface area (Å²) >= 11 is 0. The summed E-state index contributed by atoms with van der Waals surface area (Å²) in [6, 6.07) is 7.26. The number of unbranched alkanes of at least 4 members (excludes halogenated alkanes) is 2. The highest BCUT2D eigenvalue weighted by Crippen LogP contribution is 2.30. The molecular weight excluding hydrogens is 568 g/mol. The minimum Gasteiger partial charge on any atom is -0.391 e. The van der Waals surface area contributed by atoms with Crippen molar-refractivity contribution in [3.63, 3.8) is 0 Å². The van der Waals surface area contributed by atoms with E-state index in [1.165, 1.54) is 13.3 Å². The van der Waals surface area contributed by atoms with Gasteiger partial charge >= 0.3 is 0 Å². The van der Waals surface area contributed by atoms with E-state index in [0.717, 1.165) is 56.9 Å². The van der Waals surface area contributed by atoms with Crippen molar-refractivity contribution in [3.05, 3.63) is 35.9 Å². The van der Waals surface area contributed by atoms with Crippen LogP contribution in [-0.4, -0.2) is 59.5 Å². The quantitative estimate of drug-likeness (QED) is 0.132. The Morgan fingerprint density at radius 3 is 2.09 bits per heavy atom. The lowest BCUT2D eigenvalue weighted by Crippen LogP contribution is -2.57. The van der Waals surface area contributed by atoms with Crippen LogP contribution in [0.3, 0.4) is 0 Å². The van der Waals surface area contributed by atoms with Gasteiger partial charge in [-0.2, -0.15) is 0 Å². The Bertz CT molecular complexity index is 1030. The number of nitrogens with one attached hydrogen (secondary N) is 4. The fraction of sp³-hybridized carbons (Fsp3) is 0.722. The van der Waals surface area contributed by atoms with Crippen molar-refractivity contribution < 1.29 is 24.3 Å². The molecule has 1 unspecified atom stereocenters. The first kappa shape index (κ1) is 38.2.